The Morgan fingerprint density at radius 3 is 2.45 bits per heavy atom. The first kappa shape index (κ1) is 20.8. The van der Waals surface area contributed by atoms with E-state index >= 15 is 0 Å². The number of likely N-dealkylation sites (tertiary alicyclic amines) is 1. The number of para-hydroxylation sites is 1. The van der Waals surface area contributed by atoms with Crippen LogP contribution in [-0.2, 0) is 11.3 Å². The summed E-state index contributed by atoms with van der Waals surface area (Å²) in [6.07, 6.45) is 0. The van der Waals surface area contributed by atoms with Crippen LogP contribution in [0.1, 0.15) is 11.5 Å². The molecule has 2 aromatic carbocycles. The van der Waals surface area contributed by atoms with Gasteiger partial charge in [0.15, 0.2) is 0 Å². The molecule has 8 heteroatoms. The number of carbonyl (C=O) groups is 1. The molecule has 7 nitrogen and oxygen atoms in total. The fraction of sp³-hybridized carbons (Fsp3) is 0.286. The SMILES string of the molecule is Cl.NC[C@@H]1CN(C(=O)Cn2c(=O)[nH]c3ccccc3c2=O)C[C@H]1c1ccccc1. The summed E-state index contributed by atoms with van der Waals surface area (Å²) in [5.74, 6) is 0.0551. The number of carbonyl (C=O) groups excluding carboxylic acids is 1. The Morgan fingerprint density at radius 2 is 1.72 bits per heavy atom. The number of halogens is 1. The van der Waals surface area contributed by atoms with Gasteiger partial charge < -0.3 is 15.6 Å². The number of rotatable bonds is 4. The second-order valence-electron chi connectivity index (χ2n) is 7.18. The van der Waals surface area contributed by atoms with Gasteiger partial charge in [0.1, 0.15) is 6.54 Å². The Balaban J connectivity index is 0.00000240. The molecule has 1 aromatic heterocycles. The second-order valence-corrected chi connectivity index (χ2v) is 7.18. The summed E-state index contributed by atoms with van der Waals surface area (Å²) in [5, 5.41) is 0.387. The van der Waals surface area contributed by atoms with Gasteiger partial charge >= 0.3 is 5.69 Å². The third-order valence-electron chi connectivity index (χ3n) is 5.51. The minimum atomic E-state index is -0.578. The maximum Gasteiger partial charge on any atom is 0.329 e. The van der Waals surface area contributed by atoms with Crippen molar-refractivity contribution in [3.05, 3.63) is 81.0 Å². The Kier molecular flexibility index (Phi) is 6.20. The largest absolute Gasteiger partial charge is 0.340 e. The average Bonchev–Trinajstić information content (AvgIpc) is 3.16. The molecule has 1 aliphatic heterocycles. The molecule has 0 radical (unpaired) electrons. The van der Waals surface area contributed by atoms with E-state index in [1.807, 2.05) is 30.3 Å². The Morgan fingerprint density at radius 1 is 1.03 bits per heavy atom. The number of hydrogen-bond acceptors (Lipinski definition) is 4. The highest BCUT2D eigenvalue weighted by atomic mass is 35.5. The Bertz CT molecular complexity index is 1130. The monoisotopic (exact) mass is 414 g/mol. The van der Waals surface area contributed by atoms with Crippen molar-refractivity contribution >= 4 is 29.2 Å². The van der Waals surface area contributed by atoms with E-state index in [1.165, 1.54) is 0 Å². The van der Waals surface area contributed by atoms with Crippen molar-refractivity contribution in [3.63, 3.8) is 0 Å². The van der Waals surface area contributed by atoms with Crippen LogP contribution in [0.2, 0.25) is 0 Å². The van der Waals surface area contributed by atoms with Crippen LogP contribution in [0, 0.1) is 5.92 Å². The van der Waals surface area contributed by atoms with Crippen LogP contribution in [0.5, 0.6) is 0 Å². The van der Waals surface area contributed by atoms with Crippen LogP contribution < -0.4 is 17.0 Å². The third kappa shape index (κ3) is 3.97. The van der Waals surface area contributed by atoms with E-state index in [1.54, 1.807) is 29.2 Å². The van der Waals surface area contributed by atoms with Crippen LogP contribution >= 0.6 is 12.4 Å². The van der Waals surface area contributed by atoms with Gasteiger partial charge in [0.25, 0.3) is 5.56 Å². The quantitative estimate of drug-likeness (QED) is 0.672. The molecule has 0 unspecified atom stereocenters. The lowest BCUT2D eigenvalue weighted by Crippen LogP contribution is -2.41. The molecule has 2 heterocycles. The van der Waals surface area contributed by atoms with Gasteiger partial charge in [-0.1, -0.05) is 42.5 Å². The minimum absolute atomic E-state index is 0. The first-order valence-corrected chi connectivity index (χ1v) is 9.33. The van der Waals surface area contributed by atoms with Crippen molar-refractivity contribution in [2.45, 2.75) is 12.5 Å². The van der Waals surface area contributed by atoms with Crippen molar-refractivity contribution in [3.8, 4) is 0 Å². The summed E-state index contributed by atoms with van der Waals surface area (Å²) in [4.78, 5) is 42.2. The summed E-state index contributed by atoms with van der Waals surface area (Å²) >= 11 is 0. The lowest BCUT2D eigenvalue weighted by Gasteiger charge is -2.17. The molecule has 0 spiro atoms. The highest BCUT2D eigenvalue weighted by Gasteiger charge is 2.35. The zero-order valence-corrected chi connectivity index (χ0v) is 16.6. The number of nitrogens with zero attached hydrogens (tertiary/aromatic N) is 2. The molecule has 1 amide bonds. The summed E-state index contributed by atoms with van der Waals surface area (Å²) < 4.78 is 0.970. The lowest BCUT2D eigenvalue weighted by molar-refractivity contribution is -0.131. The molecule has 3 aromatic rings. The zero-order valence-electron chi connectivity index (χ0n) is 15.8. The lowest BCUT2D eigenvalue weighted by atomic mass is 9.89. The number of amides is 1. The zero-order chi connectivity index (χ0) is 19.7. The van der Waals surface area contributed by atoms with Gasteiger partial charge in [0.05, 0.1) is 10.9 Å². The first-order valence-electron chi connectivity index (χ1n) is 9.33. The summed E-state index contributed by atoms with van der Waals surface area (Å²) in [5.41, 5.74) is 6.52. The van der Waals surface area contributed by atoms with Crippen molar-refractivity contribution in [1.82, 2.24) is 14.5 Å². The van der Waals surface area contributed by atoms with E-state index in [-0.39, 0.29) is 36.7 Å². The van der Waals surface area contributed by atoms with Gasteiger partial charge in [-0.05, 0) is 30.2 Å². The van der Waals surface area contributed by atoms with Gasteiger partial charge in [-0.3, -0.25) is 14.2 Å². The van der Waals surface area contributed by atoms with Gasteiger partial charge in [-0.15, -0.1) is 12.4 Å². The van der Waals surface area contributed by atoms with Crippen LogP contribution in [0.25, 0.3) is 10.9 Å². The number of benzene rings is 2. The smallest absolute Gasteiger partial charge is 0.329 e. The van der Waals surface area contributed by atoms with Crippen LogP contribution in [-0.4, -0.2) is 40.0 Å². The maximum absolute atomic E-state index is 12.9. The van der Waals surface area contributed by atoms with Crippen molar-refractivity contribution in [2.75, 3.05) is 19.6 Å². The molecule has 0 saturated carbocycles. The molecule has 0 aliphatic carbocycles. The number of nitrogens with one attached hydrogen (secondary N) is 1. The molecule has 1 fully saturated rings. The number of H-pyrrole nitrogens is 1. The molecule has 4 rings (SSSR count). The predicted molar refractivity (Wildman–Crippen MR) is 114 cm³/mol. The molecule has 3 N–H and O–H groups in total. The number of nitrogens with two attached hydrogens (primary N) is 1. The molecule has 152 valence electrons. The van der Waals surface area contributed by atoms with E-state index in [9.17, 15) is 14.4 Å². The first-order chi connectivity index (χ1) is 13.6. The molecule has 1 aliphatic rings. The number of aromatic amines is 1. The van der Waals surface area contributed by atoms with Crippen molar-refractivity contribution < 1.29 is 4.79 Å². The molecule has 0 bridgehead atoms. The van der Waals surface area contributed by atoms with Gasteiger partial charge in [0.2, 0.25) is 5.91 Å². The van der Waals surface area contributed by atoms with Gasteiger partial charge in [-0.25, -0.2) is 4.79 Å². The maximum atomic E-state index is 12.9. The van der Waals surface area contributed by atoms with Gasteiger partial charge in [-0.2, -0.15) is 0 Å². The Labute approximate surface area is 173 Å². The fourth-order valence-corrected chi connectivity index (χ4v) is 3.97. The Hall–Kier alpha value is -2.90. The summed E-state index contributed by atoms with van der Waals surface area (Å²) in [6, 6.07) is 16.8. The molecular weight excluding hydrogens is 392 g/mol. The number of hydrogen-bond donors (Lipinski definition) is 2. The molecule has 1 saturated heterocycles. The normalized spacial score (nSPS) is 18.6. The predicted octanol–water partition coefficient (Wildman–Crippen LogP) is 1.31. The highest BCUT2D eigenvalue weighted by Crippen LogP contribution is 2.32. The van der Waals surface area contributed by atoms with E-state index in [4.69, 9.17) is 5.73 Å². The van der Waals surface area contributed by atoms with E-state index in [0.29, 0.717) is 30.5 Å². The molecule has 29 heavy (non-hydrogen) atoms. The summed E-state index contributed by atoms with van der Waals surface area (Å²) in [6.45, 7) is 1.25. The standard InChI is InChI=1S/C21H22N4O3.ClH/c22-10-15-11-24(12-17(15)14-6-2-1-3-7-14)19(26)13-25-20(27)16-8-4-5-9-18(16)23-21(25)28;/h1-9,15,17H,10-13,22H2,(H,23,28);1H/t15-,17+;/m1./s1. The highest BCUT2D eigenvalue weighted by molar-refractivity contribution is 5.85. The molecule has 2 atom stereocenters. The van der Waals surface area contributed by atoms with Crippen molar-refractivity contribution in [2.24, 2.45) is 11.7 Å². The number of aromatic nitrogens is 2. The second kappa shape index (κ2) is 8.63. The van der Waals surface area contributed by atoms with Crippen LogP contribution in [0.15, 0.2) is 64.2 Å². The molecular formula is C21H23ClN4O3. The fourth-order valence-electron chi connectivity index (χ4n) is 3.97. The van der Waals surface area contributed by atoms with Crippen LogP contribution in [0.4, 0.5) is 0 Å². The third-order valence-corrected chi connectivity index (χ3v) is 5.51. The average molecular weight is 415 g/mol. The topological polar surface area (TPSA) is 101 Å². The summed E-state index contributed by atoms with van der Waals surface area (Å²) in [7, 11) is 0. The number of fused-ring (bicyclic) bond motifs is 1. The van der Waals surface area contributed by atoms with E-state index in [2.05, 4.69) is 4.98 Å². The minimum Gasteiger partial charge on any atom is -0.340 e. The van der Waals surface area contributed by atoms with E-state index < -0.39 is 11.2 Å². The van der Waals surface area contributed by atoms with Crippen molar-refractivity contribution in [1.29, 1.82) is 0 Å². The van der Waals surface area contributed by atoms with E-state index in [0.717, 1.165) is 10.1 Å². The van der Waals surface area contributed by atoms with Gasteiger partial charge in [0, 0.05) is 19.0 Å². The van der Waals surface area contributed by atoms with Crippen LogP contribution in [0.3, 0.4) is 0 Å².